The van der Waals surface area contributed by atoms with Gasteiger partial charge in [0.15, 0.2) is 0 Å². The SMILES string of the molecule is CC[C@H](C)NC(=O)c1ccccc1NS(=O)(=O)c1ccc(SC)c(C(=O)N2CCCC2)c1. The predicted octanol–water partition coefficient (Wildman–Crippen LogP) is 3.97. The molecule has 1 aliphatic heterocycles. The third kappa shape index (κ3) is 5.45. The third-order valence-corrected chi connectivity index (χ3v) is 7.67. The Kier molecular flexibility index (Phi) is 7.84. The lowest BCUT2D eigenvalue weighted by Gasteiger charge is -2.18. The molecule has 1 aliphatic rings. The minimum absolute atomic E-state index is 0.0185. The van der Waals surface area contributed by atoms with Gasteiger partial charge < -0.3 is 10.2 Å². The maximum atomic E-state index is 13.2. The molecule has 1 saturated heterocycles. The van der Waals surface area contributed by atoms with Crippen molar-refractivity contribution in [3.8, 4) is 0 Å². The largest absolute Gasteiger partial charge is 0.350 e. The van der Waals surface area contributed by atoms with E-state index in [0.717, 1.165) is 24.2 Å². The number of hydrogen-bond donors (Lipinski definition) is 2. The van der Waals surface area contributed by atoms with Crippen molar-refractivity contribution in [1.29, 1.82) is 0 Å². The lowest BCUT2D eigenvalue weighted by atomic mass is 10.1. The lowest BCUT2D eigenvalue weighted by molar-refractivity contribution is 0.0788. The van der Waals surface area contributed by atoms with Crippen molar-refractivity contribution in [3.05, 3.63) is 53.6 Å². The number of benzene rings is 2. The minimum atomic E-state index is -4.02. The molecular formula is C23H29N3O4S2. The van der Waals surface area contributed by atoms with E-state index in [1.807, 2.05) is 20.1 Å². The Labute approximate surface area is 194 Å². The first-order valence-corrected chi connectivity index (χ1v) is 13.4. The fraction of sp³-hybridized carbons (Fsp3) is 0.391. The number of thioether (sulfide) groups is 1. The van der Waals surface area contributed by atoms with Crippen LogP contribution in [0.3, 0.4) is 0 Å². The van der Waals surface area contributed by atoms with Gasteiger partial charge in [0.25, 0.3) is 21.8 Å². The molecule has 9 heteroatoms. The molecule has 1 atom stereocenters. The number of anilines is 1. The van der Waals surface area contributed by atoms with Gasteiger partial charge in [0.2, 0.25) is 0 Å². The molecule has 172 valence electrons. The lowest BCUT2D eigenvalue weighted by Crippen LogP contribution is -2.32. The number of nitrogens with zero attached hydrogens (tertiary/aromatic N) is 1. The van der Waals surface area contributed by atoms with Gasteiger partial charge in [-0.1, -0.05) is 19.1 Å². The van der Waals surface area contributed by atoms with Crippen molar-refractivity contribution in [1.82, 2.24) is 10.2 Å². The van der Waals surface area contributed by atoms with Crippen molar-refractivity contribution in [2.45, 2.75) is 48.9 Å². The van der Waals surface area contributed by atoms with E-state index in [4.69, 9.17) is 0 Å². The molecule has 1 heterocycles. The second-order valence-electron chi connectivity index (χ2n) is 7.80. The Hall–Kier alpha value is -2.52. The Morgan fingerprint density at radius 1 is 1.09 bits per heavy atom. The number of likely N-dealkylation sites (tertiary alicyclic amines) is 1. The maximum absolute atomic E-state index is 13.2. The Balaban J connectivity index is 1.92. The van der Waals surface area contributed by atoms with Crippen LogP contribution in [-0.2, 0) is 10.0 Å². The standard InChI is InChI=1S/C23H29N3O4S2/c1-4-16(2)24-22(27)18-9-5-6-10-20(18)25-32(29,30)17-11-12-21(31-3)19(15-17)23(28)26-13-7-8-14-26/h5-6,9-12,15-16,25H,4,7-8,13-14H2,1-3H3,(H,24,27)/t16-/m0/s1. The summed E-state index contributed by atoms with van der Waals surface area (Å²) < 4.78 is 28.9. The summed E-state index contributed by atoms with van der Waals surface area (Å²) >= 11 is 1.40. The second kappa shape index (κ2) is 10.4. The van der Waals surface area contributed by atoms with Gasteiger partial charge in [-0.3, -0.25) is 14.3 Å². The van der Waals surface area contributed by atoms with Crippen LogP contribution < -0.4 is 10.0 Å². The van der Waals surface area contributed by atoms with Gasteiger partial charge >= 0.3 is 0 Å². The zero-order valence-electron chi connectivity index (χ0n) is 18.6. The first-order chi connectivity index (χ1) is 15.3. The Morgan fingerprint density at radius 3 is 2.44 bits per heavy atom. The molecule has 3 rings (SSSR count). The number of nitrogens with one attached hydrogen (secondary N) is 2. The number of amides is 2. The highest BCUT2D eigenvalue weighted by molar-refractivity contribution is 7.98. The highest BCUT2D eigenvalue weighted by atomic mass is 32.2. The van der Waals surface area contributed by atoms with Crippen molar-refractivity contribution in [2.75, 3.05) is 24.1 Å². The van der Waals surface area contributed by atoms with Crippen LogP contribution in [0.2, 0.25) is 0 Å². The molecule has 2 aromatic rings. The molecule has 0 saturated carbocycles. The summed E-state index contributed by atoms with van der Waals surface area (Å²) in [4.78, 5) is 28.1. The number of hydrogen-bond acceptors (Lipinski definition) is 5. The van der Waals surface area contributed by atoms with Gasteiger partial charge in [0, 0.05) is 24.0 Å². The summed E-state index contributed by atoms with van der Waals surface area (Å²) in [7, 11) is -4.02. The summed E-state index contributed by atoms with van der Waals surface area (Å²) in [5, 5.41) is 2.86. The van der Waals surface area contributed by atoms with Crippen molar-refractivity contribution in [3.63, 3.8) is 0 Å². The van der Waals surface area contributed by atoms with Gasteiger partial charge in [-0.2, -0.15) is 0 Å². The van der Waals surface area contributed by atoms with E-state index in [1.165, 1.54) is 23.9 Å². The van der Waals surface area contributed by atoms with Crippen molar-refractivity contribution in [2.24, 2.45) is 0 Å². The van der Waals surface area contributed by atoms with E-state index in [0.29, 0.717) is 18.7 Å². The molecule has 0 bridgehead atoms. The van der Waals surface area contributed by atoms with Crippen LogP contribution in [-0.4, -0.2) is 50.5 Å². The minimum Gasteiger partial charge on any atom is -0.350 e. The van der Waals surface area contributed by atoms with Gasteiger partial charge in [-0.05, 0) is 62.8 Å². The van der Waals surface area contributed by atoms with E-state index >= 15 is 0 Å². The molecule has 2 amide bonds. The number of rotatable bonds is 8. The van der Waals surface area contributed by atoms with Crippen molar-refractivity contribution < 1.29 is 18.0 Å². The summed E-state index contributed by atoms with van der Waals surface area (Å²) in [6.45, 7) is 5.21. The molecule has 32 heavy (non-hydrogen) atoms. The van der Waals surface area contributed by atoms with E-state index in [-0.39, 0.29) is 34.0 Å². The van der Waals surface area contributed by atoms with Crippen LogP contribution in [0.1, 0.15) is 53.8 Å². The van der Waals surface area contributed by atoms with E-state index in [1.54, 1.807) is 35.2 Å². The average Bonchev–Trinajstić information content (AvgIpc) is 3.33. The third-order valence-electron chi connectivity index (χ3n) is 5.51. The molecule has 0 aromatic heterocycles. The molecule has 2 N–H and O–H groups in total. The molecule has 0 unspecified atom stereocenters. The van der Waals surface area contributed by atoms with Crippen LogP contribution in [0.15, 0.2) is 52.3 Å². The van der Waals surface area contributed by atoms with Crippen LogP contribution >= 0.6 is 11.8 Å². The molecule has 0 spiro atoms. The number of carbonyl (C=O) groups is 2. The fourth-order valence-corrected chi connectivity index (χ4v) is 5.17. The van der Waals surface area contributed by atoms with Crippen LogP contribution in [0.5, 0.6) is 0 Å². The summed E-state index contributed by atoms with van der Waals surface area (Å²) in [5.41, 5.74) is 0.810. The number of carbonyl (C=O) groups excluding carboxylic acids is 2. The maximum Gasteiger partial charge on any atom is 0.261 e. The van der Waals surface area contributed by atoms with Gasteiger partial charge in [-0.25, -0.2) is 8.42 Å². The topological polar surface area (TPSA) is 95.6 Å². The zero-order chi connectivity index (χ0) is 23.3. The van der Waals surface area contributed by atoms with Crippen LogP contribution in [0, 0.1) is 0 Å². The Bertz CT molecular complexity index is 1100. The van der Waals surface area contributed by atoms with Crippen LogP contribution in [0.25, 0.3) is 0 Å². The summed E-state index contributed by atoms with van der Waals surface area (Å²) in [5.74, 6) is -0.502. The number of sulfonamides is 1. The average molecular weight is 476 g/mol. The normalized spacial score (nSPS) is 14.8. The second-order valence-corrected chi connectivity index (χ2v) is 10.3. The molecule has 0 radical (unpaired) electrons. The molecule has 7 nitrogen and oxygen atoms in total. The molecule has 1 fully saturated rings. The summed E-state index contributed by atoms with van der Waals surface area (Å²) in [6.07, 6.45) is 4.52. The highest BCUT2D eigenvalue weighted by Gasteiger charge is 2.25. The van der Waals surface area contributed by atoms with E-state index < -0.39 is 10.0 Å². The van der Waals surface area contributed by atoms with Crippen LogP contribution in [0.4, 0.5) is 5.69 Å². The molecular weight excluding hydrogens is 446 g/mol. The quantitative estimate of drug-likeness (QED) is 0.563. The fourth-order valence-electron chi connectivity index (χ4n) is 3.49. The number of para-hydroxylation sites is 1. The van der Waals surface area contributed by atoms with Gasteiger partial charge in [-0.15, -0.1) is 11.8 Å². The Morgan fingerprint density at radius 2 is 1.78 bits per heavy atom. The highest BCUT2D eigenvalue weighted by Crippen LogP contribution is 2.28. The molecule has 0 aliphatic carbocycles. The first-order valence-electron chi connectivity index (χ1n) is 10.7. The zero-order valence-corrected chi connectivity index (χ0v) is 20.2. The van der Waals surface area contributed by atoms with E-state index in [9.17, 15) is 18.0 Å². The van der Waals surface area contributed by atoms with Gasteiger partial charge in [0.1, 0.15) is 0 Å². The first kappa shape index (κ1) is 24.1. The van der Waals surface area contributed by atoms with Crippen molar-refractivity contribution >= 4 is 39.3 Å². The van der Waals surface area contributed by atoms with E-state index in [2.05, 4.69) is 10.0 Å². The van der Waals surface area contributed by atoms with Gasteiger partial charge in [0.05, 0.1) is 21.7 Å². The predicted molar refractivity (Wildman–Crippen MR) is 128 cm³/mol. The summed E-state index contributed by atoms with van der Waals surface area (Å²) in [6, 6.07) is 11.0. The molecule has 2 aromatic carbocycles. The monoisotopic (exact) mass is 475 g/mol. The smallest absolute Gasteiger partial charge is 0.261 e.